The molecule has 0 aliphatic heterocycles. The van der Waals surface area contributed by atoms with Gasteiger partial charge in [0.25, 0.3) is 0 Å². The van der Waals surface area contributed by atoms with Crippen LogP contribution in [0.4, 0.5) is 0 Å². The zero-order valence-corrected chi connectivity index (χ0v) is 11.5. The average molecular weight is 265 g/mol. The van der Waals surface area contributed by atoms with Gasteiger partial charge in [-0.1, -0.05) is 25.5 Å². The first-order valence-corrected chi connectivity index (χ1v) is 6.82. The predicted octanol–water partition coefficient (Wildman–Crippen LogP) is 2.37. The molecule has 0 saturated carbocycles. The van der Waals surface area contributed by atoms with Crippen LogP contribution in [0.5, 0.6) is 0 Å². The van der Waals surface area contributed by atoms with E-state index >= 15 is 0 Å². The van der Waals surface area contributed by atoms with Gasteiger partial charge in [-0.05, 0) is 37.1 Å². The van der Waals surface area contributed by atoms with E-state index in [2.05, 4.69) is 11.8 Å². The Balaban J connectivity index is 2.65. The second kappa shape index (κ2) is 8.67. The van der Waals surface area contributed by atoms with Gasteiger partial charge in [0.1, 0.15) is 0 Å². The Labute approximate surface area is 114 Å². The standard InChI is InChI=1S/C15H23NO3/c1-2-3-8-16(9-5-10-17)12-13-6-4-7-14(11-13)15(18)19/h4,6-7,11,17H,2-3,5,8-10,12H2,1H3,(H,18,19). The molecule has 0 heterocycles. The van der Waals surface area contributed by atoms with Gasteiger partial charge in [0.05, 0.1) is 5.56 Å². The van der Waals surface area contributed by atoms with Crippen LogP contribution >= 0.6 is 0 Å². The second-order valence-corrected chi connectivity index (χ2v) is 4.71. The molecule has 0 aromatic heterocycles. The Hall–Kier alpha value is -1.39. The van der Waals surface area contributed by atoms with E-state index in [4.69, 9.17) is 10.2 Å². The van der Waals surface area contributed by atoms with Crippen molar-refractivity contribution < 1.29 is 15.0 Å². The number of carboxylic acids is 1. The van der Waals surface area contributed by atoms with Gasteiger partial charge in [0.2, 0.25) is 0 Å². The summed E-state index contributed by atoms with van der Waals surface area (Å²) >= 11 is 0. The van der Waals surface area contributed by atoms with Crippen molar-refractivity contribution in [2.75, 3.05) is 19.7 Å². The molecular formula is C15H23NO3. The average Bonchev–Trinajstić information content (AvgIpc) is 2.42. The summed E-state index contributed by atoms with van der Waals surface area (Å²) in [7, 11) is 0. The van der Waals surface area contributed by atoms with Gasteiger partial charge in [0, 0.05) is 19.7 Å². The first-order chi connectivity index (χ1) is 9.17. The first-order valence-electron chi connectivity index (χ1n) is 6.82. The zero-order valence-electron chi connectivity index (χ0n) is 11.5. The van der Waals surface area contributed by atoms with Crippen LogP contribution in [0, 0.1) is 0 Å². The van der Waals surface area contributed by atoms with Crippen molar-refractivity contribution >= 4 is 5.97 Å². The highest BCUT2D eigenvalue weighted by Crippen LogP contribution is 2.10. The normalized spacial score (nSPS) is 10.9. The predicted molar refractivity (Wildman–Crippen MR) is 75.3 cm³/mol. The molecule has 0 aliphatic carbocycles. The third kappa shape index (κ3) is 5.85. The summed E-state index contributed by atoms with van der Waals surface area (Å²) in [5.74, 6) is -0.891. The van der Waals surface area contributed by atoms with E-state index in [0.717, 1.165) is 44.5 Å². The third-order valence-corrected chi connectivity index (χ3v) is 3.04. The lowest BCUT2D eigenvalue weighted by molar-refractivity contribution is 0.0696. The zero-order chi connectivity index (χ0) is 14.1. The summed E-state index contributed by atoms with van der Waals surface area (Å²) in [6, 6.07) is 7.06. The summed E-state index contributed by atoms with van der Waals surface area (Å²) in [6.07, 6.45) is 3.00. The minimum absolute atomic E-state index is 0.192. The number of hydrogen-bond donors (Lipinski definition) is 2. The van der Waals surface area contributed by atoms with Crippen molar-refractivity contribution in [1.82, 2.24) is 4.90 Å². The molecule has 0 bridgehead atoms. The number of hydrogen-bond acceptors (Lipinski definition) is 3. The molecule has 0 amide bonds. The van der Waals surface area contributed by atoms with E-state index < -0.39 is 5.97 Å². The smallest absolute Gasteiger partial charge is 0.335 e. The van der Waals surface area contributed by atoms with Crippen LogP contribution in [0.2, 0.25) is 0 Å². The van der Waals surface area contributed by atoms with Crippen molar-refractivity contribution in [3.8, 4) is 0 Å². The van der Waals surface area contributed by atoms with Gasteiger partial charge >= 0.3 is 5.97 Å². The maximum Gasteiger partial charge on any atom is 0.335 e. The fourth-order valence-corrected chi connectivity index (χ4v) is 2.01. The van der Waals surface area contributed by atoms with E-state index in [-0.39, 0.29) is 6.61 Å². The molecule has 0 fully saturated rings. The lowest BCUT2D eigenvalue weighted by Crippen LogP contribution is -2.26. The largest absolute Gasteiger partial charge is 0.478 e. The van der Waals surface area contributed by atoms with Crippen LogP contribution < -0.4 is 0 Å². The fraction of sp³-hybridized carbons (Fsp3) is 0.533. The molecule has 0 radical (unpaired) electrons. The number of nitrogens with zero attached hydrogens (tertiary/aromatic N) is 1. The molecule has 0 saturated heterocycles. The summed E-state index contributed by atoms with van der Waals surface area (Å²) in [5.41, 5.74) is 1.34. The van der Waals surface area contributed by atoms with Crippen LogP contribution in [-0.4, -0.2) is 40.8 Å². The minimum atomic E-state index is -0.891. The highest BCUT2D eigenvalue weighted by Gasteiger charge is 2.08. The topological polar surface area (TPSA) is 60.8 Å². The number of aromatic carboxylic acids is 1. The Morgan fingerprint density at radius 1 is 1.26 bits per heavy atom. The van der Waals surface area contributed by atoms with Gasteiger partial charge < -0.3 is 10.2 Å². The van der Waals surface area contributed by atoms with E-state index in [0.29, 0.717) is 5.56 Å². The molecule has 0 aliphatic rings. The molecule has 0 unspecified atom stereocenters. The van der Waals surface area contributed by atoms with Crippen molar-refractivity contribution in [2.24, 2.45) is 0 Å². The summed E-state index contributed by atoms with van der Waals surface area (Å²) in [5, 5.41) is 17.9. The molecule has 1 aromatic carbocycles. The van der Waals surface area contributed by atoms with Gasteiger partial charge in [-0.2, -0.15) is 0 Å². The van der Waals surface area contributed by atoms with Crippen LogP contribution in [-0.2, 0) is 6.54 Å². The molecule has 2 N–H and O–H groups in total. The van der Waals surface area contributed by atoms with Gasteiger partial charge in [0.15, 0.2) is 0 Å². The van der Waals surface area contributed by atoms with Crippen LogP contribution in [0.25, 0.3) is 0 Å². The first kappa shape index (κ1) is 15.7. The van der Waals surface area contributed by atoms with E-state index in [9.17, 15) is 4.79 Å². The monoisotopic (exact) mass is 265 g/mol. The summed E-state index contributed by atoms with van der Waals surface area (Å²) in [4.78, 5) is 13.2. The van der Waals surface area contributed by atoms with E-state index in [1.54, 1.807) is 18.2 Å². The quantitative estimate of drug-likeness (QED) is 0.719. The van der Waals surface area contributed by atoms with Crippen molar-refractivity contribution in [1.29, 1.82) is 0 Å². The number of rotatable bonds is 9. The van der Waals surface area contributed by atoms with E-state index in [1.165, 1.54) is 0 Å². The Bertz CT molecular complexity index is 385. The molecule has 106 valence electrons. The molecule has 19 heavy (non-hydrogen) atoms. The molecular weight excluding hydrogens is 242 g/mol. The van der Waals surface area contributed by atoms with E-state index in [1.807, 2.05) is 6.07 Å². The highest BCUT2D eigenvalue weighted by molar-refractivity contribution is 5.87. The van der Waals surface area contributed by atoms with Gasteiger partial charge in [-0.3, -0.25) is 4.90 Å². The van der Waals surface area contributed by atoms with Gasteiger partial charge in [-0.15, -0.1) is 0 Å². The summed E-state index contributed by atoms with van der Waals surface area (Å²) < 4.78 is 0. The number of aliphatic hydroxyl groups excluding tert-OH is 1. The molecule has 1 aromatic rings. The third-order valence-electron chi connectivity index (χ3n) is 3.04. The van der Waals surface area contributed by atoms with Gasteiger partial charge in [-0.25, -0.2) is 4.79 Å². The number of benzene rings is 1. The maximum absolute atomic E-state index is 10.9. The number of carbonyl (C=O) groups is 1. The maximum atomic E-state index is 10.9. The molecule has 0 atom stereocenters. The second-order valence-electron chi connectivity index (χ2n) is 4.71. The molecule has 4 heteroatoms. The van der Waals surface area contributed by atoms with Crippen LogP contribution in [0.1, 0.15) is 42.1 Å². The Morgan fingerprint density at radius 2 is 2.00 bits per heavy atom. The number of carboxylic acid groups (broad SMARTS) is 1. The minimum Gasteiger partial charge on any atom is -0.478 e. The summed E-state index contributed by atoms with van der Waals surface area (Å²) in [6.45, 7) is 4.90. The molecule has 0 spiro atoms. The number of aliphatic hydroxyl groups is 1. The Morgan fingerprint density at radius 3 is 2.63 bits per heavy atom. The van der Waals surface area contributed by atoms with Crippen molar-refractivity contribution in [3.63, 3.8) is 0 Å². The lowest BCUT2D eigenvalue weighted by atomic mass is 10.1. The molecule has 4 nitrogen and oxygen atoms in total. The lowest BCUT2D eigenvalue weighted by Gasteiger charge is -2.22. The number of unbranched alkanes of at least 4 members (excludes halogenated alkanes) is 1. The highest BCUT2D eigenvalue weighted by atomic mass is 16.4. The SMILES string of the molecule is CCCCN(CCCO)Cc1cccc(C(=O)O)c1. The van der Waals surface area contributed by atoms with Crippen LogP contribution in [0.3, 0.4) is 0 Å². The Kier molecular flexibility index (Phi) is 7.15. The van der Waals surface area contributed by atoms with Crippen LogP contribution in [0.15, 0.2) is 24.3 Å². The molecule has 1 rings (SSSR count). The fourth-order valence-electron chi connectivity index (χ4n) is 2.01. The van der Waals surface area contributed by atoms with Crippen molar-refractivity contribution in [2.45, 2.75) is 32.7 Å². The van der Waals surface area contributed by atoms with Crippen molar-refractivity contribution in [3.05, 3.63) is 35.4 Å².